The summed E-state index contributed by atoms with van der Waals surface area (Å²) in [5.74, 6) is -0.471. The number of likely N-dealkylation sites (tertiary alicyclic amines) is 1. The smallest absolute Gasteiger partial charge is 0.255 e. The summed E-state index contributed by atoms with van der Waals surface area (Å²) in [6.07, 6.45) is 5.97. The molecule has 1 saturated heterocycles. The highest BCUT2D eigenvalue weighted by molar-refractivity contribution is 6.01. The first-order valence-electron chi connectivity index (χ1n) is 14.3. The first-order chi connectivity index (χ1) is 19.5. The summed E-state index contributed by atoms with van der Waals surface area (Å²) in [5, 5.41) is 3.20. The highest BCUT2D eigenvalue weighted by Gasteiger charge is 2.44. The predicted molar refractivity (Wildman–Crippen MR) is 154 cm³/mol. The van der Waals surface area contributed by atoms with Crippen LogP contribution in [0.2, 0.25) is 0 Å². The molecule has 3 aromatic rings. The molecule has 5 rings (SSSR count). The van der Waals surface area contributed by atoms with Gasteiger partial charge in [-0.25, -0.2) is 4.39 Å². The molecule has 1 fully saturated rings. The summed E-state index contributed by atoms with van der Waals surface area (Å²) in [4.78, 5) is 32.1. The van der Waals surface area contributed by atoms with Crippen molar-refractivity contribution in [1.29, 1.82) is 0 Å². The molecule has 0 aromatic heterocycles. The van der Waals surface area contributed by atoms with Gasteiger partial charge in [-0.3, -0.25) is 9.59 Å². The van der Waals surface area contributed by atoms with Gasteiger partial charge in [0.1, 0.15) is 11.6 Å². The van der Waals surface area contributed by atoms with Gasteiger partial charge in [-0.2, -0.15) is 0 Å². The number of benzene rings is 3. The molecule has 6 nitrogen and oxygen atoms in total. The number of fused-ring (bicyclic) bond motifs is 1. The lowest BCUT2D eigenvalue weighted by Gasteiger charge is -2.42. The third-order valence-electron chi connectivity index (χ3n) is 8.09. The molecular formula is C33H38FN3O3. The number of nitrogens with one attached hydrogen (secondary N) is 1. The maximum Gasteiger partial charge on any atom is 0.255 e. The summed E-state index contributed by atoms with van der Waals surface area (Å²) in [6, 6.07) is 20.6. The van der Waals surface area contributed by atoms with Crippen LogP contribution in [0.15, 0.2) is 72.8 Å². The lowest BCUT2D eigenvalue weighted by molar-refractivity contribution is -0.124. The number of rotatable bonds is 9. The third kappa shape index (κ3) is 6.36. The van der Waals surface area contributed by atoms with Crippen LogP contribution in [0.3, 0.4) is 0 Å². The van der Waals surface area contributed by atoms with Gasteiger partial charge in [0.05, 0.1) is 19.1 Å². The number of halogens is 1. The van der Waals surface area contributed by atoms with Crippen molar-refractivity contribution in [3.8, 4) is 5.75 Å². The van der Waals surface area contributed by atoms with Crippen molar-refractivity contribution < 1.29 is 18.7 Å². The second-order valence-corrected chi connectivity index (χ2v) is 10.7. The molecule has 0 saturated carbocycles. The summed E-state index contributed by atoms with van der Waals surface area (Å²) in [6.45, 7) is 4.06. The number of ether oxygens (including phenoxy) is 1. The molecule has 40 heavy (non-hydrogen) atoms. The monoisotopic (exact) mass is 543 g/mol. The van der Waals surface area contributed by atoms with Gasteiger partial charge in [0.2, 0.25) is 5.91 Å². The SMILES string of the molecule is COc1ccc([C@H]2[C@H](C(=O)NCCCN3CCCCCC3)c3ccccc3C(=O)N2Cc2ccc(F)cc2)cc1. The van der Waals surface area contributed by atoms with Crippen molar-refractivity contribution >= 4 is 11.8 Å². The Kier molecular flexibility index (Phi) is 9.12. The van der Waals surface area contributed by atoms with Crippen molar-refractivity contribution in [3.63, 3.8) is 0 Å². The van der Waals surface area contributed by atoms with E-state index < -0.39 is 12.0 Å². The molecule has 2 aliphatic rings. The van der Waals surface area contributed by atoms with E-state index in [9.17, 15) is 14.0 Å². The van der Waals surface area contributed by atoms with Gasteiger partial charge in [-0.1, -0.05) is 55.3 Å². The van der Waals surface area contributed by atoms with Gasteiger partial charge in [0, 0.05) is 18.7 Å². The number of carbonyl (C=O) groups is 2. The fourth-order valence-corrected chi connectivity index (χ4v) is 5.99. The molecule has 2 amide bonds. The molecule has 2 heterocycles. The summed E-state index contributed by atoms with van der Waals surface area (Å²) < 4.78 is 19.0. The van der Waals surface area contributed by atoms with Gasteiger partial charge in [0.15, 0.2) is 0 Å². The molecule has 2 atom stereocenters. The summed E-state index contributed by atoms with van der Waals surface area (Å²) in [5.41, 5.74) is 2.90. The van der Waals surface area contributed by atoms with Crippen LogP contribution in [0.4, 0.5) is 4.39 Å². The molecule has 3 aromatic carbocycles. The Bertz CT molecular complexity index is 1290. The average molecular weight is 544 g/mol. The van der Waals surface area contributed by atoms with Crippen molar-refractivity contribution in [2.24, 2.45) is 0 Å². The topological polar surface area (TPSA) is 61.9 Å². The number of amides is 2. The van der Waals surface area contributed by atoms with Crippen LogP contribution in [0, 0.1) is 5.82 Å². The molecular weight excluding hydrogens is 505 g/mol. The Morgan fingerprint density at radius 1 is 0.950 bits per heavy atom. The van der Waals surface area contributed by atoms with E-state index in [1.807, 2.05) is 42.5 Å². The van der Waals surface area contributed by atoms with E-state index in [1.54, 1.807) is 30.2 Å². The number of hydrogen-bond acceptors (Lipinski definition) is 4. The van der Waals surface area contributed by atoms with Crippen LogP contribution < -0.4 is 10.1 Å². The van der Waals surface area contributed by atoms with E-state index in [0.717, 1.165) is 42.7 Å². The Morgan fingerprint density at radius 3 is 2.35 bits per heavy atom. The van der Waals surface area contributed by atoms with Crippen molar-refractivity contribution in [2.45, 2.75) is 50.6 Å². The highest BCUT2D eigenvalue weighted by atomic mass is 19.1. The van der Waals surface area contributed by atoms with Crippen LogP contribution >= 0.6 is 0 Å². The number of hydrogen-bond donors (Lipinski definition) is 1. The zero-order valence-corrected chi connectivity index (χ0v) is 23.2. The van der Waals surface area contributed by atoms with Crippen LogP contribution in [0.1, 0.15) is 71.1 Å². The maximum atomic E-state index is 14.0. The average Bonchev–Trinajstić information content (AvgIpc) is 3.26. The van der Waals surface area contributed by atoms with Gasteiger partial charge < -0.3 is 19.9 Å². The Labute approximate surface area is 236 Å². The van der Waals surface area contributed by atoms with Crippen LogP contribution in [0.5, 0.6) is 5.75 Å². The molecule has 1 N–H and O–H groups in total. The van der Waals surface area contributed by atoms with Crippen molar-refractivity contribution in [1.82, 2.24) is 15.1 Å². The molecule has 0 spiro atoms. The number of methoxy groups -OCH3 is 1. The van der Waals surface area contributed by atoms with Crippen LogP contribution in [-0.4, -0.2) is 54.9 Å². The second kappa shape index (κ2) is 13.1. The number of carbonyl (C=O) groups excluding carboxylic acids is 2. The summed E-state index contributed by atoms with van der Waals surface area (Å²) >= 11 is 0. The predicted octanol–water partition coefficient (Wildman–Crippen LogP) is 5.70. The van der Waals surface area contributed by atoms with E-state index in [4.69, 9.17) is 4.74 Å². The van der Waals surface area contributed by atoms with Crippen LogP contribution in [0.25, 0.3) is 0 Å². The van der Waals surface area contributed by atoms with E-state index in [-0.39, 0.29) is 24.2 Å². The molecule has 210 valence electrons. The minimum Gasteiger partial charge on any atom is -0.497 e. The lowest BCUT2D eigenvalue weighted by atomic mass is 9.79. The molecule has 0 bridgehead atoms. The first kappa shape index (κ1) is 27.8. The lowest BCUT2D eigenvalue weighted by Crippen LogP contribution is -2.47. The molecule has 2 aliphatic heterocycles. The number of nitrogens with zero attached hydrogens (tertiary/aromatic N) is 2. The van der Waals surface area contributed by atoms with E-state index >= 15 is 0 Å². The second-order valence-electron chi connectivity index (χ2n) is 10.7. The van der Waals surface area contributed by atoms with Crippen molar-refractivity contribution in [3.05, 3.63) is 101 Å². The maximum absolute atomic E-state index is 14.0. The zero-order chi connectivity index (χ0) is 27.9. The minimum absolute atomic E-state index is 0.0965. The highest BCUT2D eigenvalue weighted by Crippen LogP contribution is 2.44. The van der Waals surface area contributed by atoms with E-state index in [0.29, 0.717) is 17.9 Å². The van der Waals surface area contributed by atoms with Crippen molar-refractivity contribution in [2.75, 3.05) is 33.3 Å². The van der Waals surface area contributed by atoms with Crippen LogP contribution in [-0.2, 0) is 11.3 Å². The molecule has 7 heteroatoms. The Balaban J connectivity index is 1.44. The normalized spacial score (nSPS) is 19.6. The fourth-order valence-electron chi connectivity index (χ4n) is 5.99. The Hall–Kier alpha value is -3.71. The Morgan fingerprint density at radius 2 is 1.65 bits per heavy atom. The van der Waals surface area contributed by atoms with Gasteiger partial charge in [0.25, 0.3) is 5.91 Å². The standard InChI is InChI=1S/C33H38FN3O3/c1-40-27-17-13-25(14-18-27)31-30(32(38)35-19-8-22-36-20-6-2-3-7-21-36)28-9-4-5-10-29(28)33(39)37(31)23-24-11-15-26(34)16-12-24/h4-5,9-18,30-31H,2-3,6-8,19-23H2,1H3,(H,35,38)/t30-,31+/m1/s1. The zero-order valence-electron chi connectivity index (χ0n) is 23.2. The third-order valence-corrected chi connectivity index (χ3v) is 8.09. The fraction of sp³-hybridized carbons (Fsp3) is 0.394. The quantitative estimate of drug-likeness (QED) is 0.352. The van der Waals surface area contributed by atoms with Gasteiger partial charge >= 0.3 is 0 Å². The van der Waals surface area contributed by atoms with E-state index in [2.05, 4.69) is 10.2 Å². The van der Waals surface area contributed by atoms with Gasteiger partial charge in [-0.15, -0.1) is 0 Å². The molecule has 0 unspecified atom stereocenters. The molecule has 0 aliphatic carbocycles. The molecule has 0 radical (unpaired) electrons. The first-order valence-corrected chi connectivity index (χ1v) is 14.3. The summed E-state index contributed by atoms with van der Waals surface area (Å²) in [7, 11) is 1.61. The van der Waals surface area contributed by atoms with Gasteiger partial charge in [-0.05, 0) is 85.9 Å². The largest absolute Gasteiger partial charge is 0.497 e. The van der Waals surface area contributed by atoms with E-state index in [1.165, 1.54) is 37.8 Å². The minimum atomic E-state index is -0.596.